The summed E-state index contributed by atoms with van der Waals surface area (Å²) in [6.07, 6.45) is 1.40. The van der Waals surface area contributed by atoms with Crippen LogP contribution in [0.3, 0.4) is 0 Å². The summed E-state index contributed by atoms with van der Waals surface area (Å²) in [5, 5.41) is 8.77. The third kappa shape index (κ3) is 4.17. The van der Waals surface area contributed by atoms with Gasteiger partial charge in [0.05, 0.1) is 6.42 Å². The molecule has 17 heavy (non-hydrogen) atoms. The third-order valence-electron chi connectivity index (χ3n) is 3.12. The van der Waals surface area contributed by atoms with Crippen LogP contribution in [0.2, 0.25) is 0 Å². The number of piperidine rings is 1. The van der Waals surface area contributed by atoms with Crippen LogP contribution in [0.1, 0.15) is 39.0 Å². The number of nitrogens with zero attached hydrogens (tertiary/aromatic N) is 1. The second kappa shape index (κ2) is 6.37. The molecule has 96 valence electrons. The number of ketones is 2. The monoisotopic (exact) mass is 241 g/mol. The predicted molar refractivity (Wildman–Crippen MR) is 61.9 cm³/mol. The lowest BCUT2D eigenvalue weighted by Gasteiger charge is -2.28. The van der Waals surface area contributed by atoms with Gasteiger partial charge in [-0.2, -0.15) is 0 Å². The Balaban J connectivity index is 2.35. The molecule has 0 bridgehead atoms. The Kier molecular flexibility index (Phi) is 5.12. The molecule has 1 fully saturated rings. The molecule has 1 aliphatic heterocycles. The van der Waals surface area contributed by atoms with Crippen molar-refractivity contribution in [1.82, 2.24) is 4.90 Å². The Bertz CT molecular complexity index is 306. The predicted octanol–water partition coefficient (Wildman–Crippen LogP) is 1.70. The number of rotatable bonds is 5. The van der Waals surface area contributed by atoms with E-state index in [1.54, 1.807) is 0 Å². The van der Waals surface area contributed by atoms with Gasteiger partial charge in [0.1, 0.15) is 11.6 Å². The number of hydrogen-bond donors (Lipinski definition) is 1. The number of carboxylic acid groups (broad SMARTS) is 1. The van der Waals surface area contributed by atoms with E-state index in [1.807, 2.05) is 6.92 Å². The van der Waals surface area contributed by atoms with Gasteiger partial charge in [0, 0.05) is 25.4 Å². The Labute approximate surface area is 101 Å². The number of carbonyl (C=O) groups excluding carboxylic acids is 2. The second-order valence-corrected chi connectivity index (χ2v) is 4.48. The molecular formula is C12H19NO4. The highest BCUT2D eigenvalue weighted by Crippen LogP contribution is 2.19. The van der Waals surface area contributed by atoms with Crippen molar-refractivity contribution >= 4 is 17.7 Å². The molecule has 0 spiro atoms. The fourth-order valence-corrected chi connectivity index (χ4v) is 2.10. The molecule has 1 saturated heterocycles. The lowest BCUT2D eigenvalue weighted by atomic mass is 9.90. The summed E-state index contributed by atoms with van der Waals surface area (Å²) in [5.41, 5.74) is 0. The van der Waals surface area contributed by atoms with Gasteiger partial charge < -0.3 is 10.0 Å². The minimum absolute atomic E-state index is 0.00170. The number of amides is 1. The van der Waals surface area contributed by atoms with Crippen molar-refractivity contribution in [3.63, 3.8) is 0 Å². The van der Waals surface area contributed by atoms with Crippen molar-refractivity contribution in [2.75, 3.05) is 13.1 Å². The van der Waals surface area contributed by atoms with Crippen LogP contribution in [0.25, 0.3) is 0 Å². The highest BCUT2D eigenvalue weighted by molar-refractivity contribution is 6.00. The van der Waals surface area contributed by atoms with Gasteiger partial charge in [0.2, 0.25) is 0 Å². The van der Waals surface area contributed by atoms with Crippen LogP contribution in [-0.2, 0) is 9.59 Å². The molecule has 0 saturated carbocycles. The van der Waals surface area contributed by atoms with Gasteiger partial charge in [0.25, 0.3) is 0 Å². The van der Waals surface area contributed by atoms with Gasteiger partial charge in [-0.15, -0.1) is 0 Å². The van der Waals surface area contributed by atoms with Crippen molar-refractivity contribution in [2.24, 2.45) is 5.92 Å². The molecule has 1 amide bonds. The summed E-state index contributed by atoms with van der Waals surface area (Å²) in [6, 6.07) is 0. The lowest BCUT2D eigenvalue weighted by molar-refractivity contribution is -0.130. The average molecular weight is 241 g/mol. The van der Waals surface area contributed by atoms with E-state index < -0.39 is 6.09 Å². The van der Waals surface area contributed by atoms with Crippen LogP contribution < -0.4 is 0 Å². The van der Waals surface area contributed by atoms with Gasteiger partial charge in [-0.3, -0.25) is 9.59 Å². The average Bonchev–Trinajstić information content (AvgIpc) is 2.29. The number of likely N-dealkylation sites (tertiary alicyclic amines) is 1. The molecule has 0 aromatic carbocycles. The van der Waals surface area contributed by atoms with Crippen LogP contribution in [0.5, 0.6) is 0 Å². The van der Waals surface area contributed by atoms with Crippen LogP contribution in [-0.4, -0.2) is 40.8 Å². The Morgan fingerprint density at radius 3 is 2.29 bits per heavy atom. The van der Waals surface area contributed by atoms with E-state index in [0.717, 1.165) is 6.42 Å². The molecular weight excluding hydrogens is 222 g/mol. The van der Waals surface area contributed by atoms with Crippen molar-refractivity contribution < 1.29 is 19.5 Å². The van der Waals surface area contributed by atoms with E-state index >= 15 is 0 Å². The molecule has 0 aliphatic carbocycles. The zero-order valence-electron chi connectivity index (χ0n) is 10.1. The van der Waals surface area contributed by atoms with E-state index in [9.17, 15) is 14.4 Å². The summed E-state index contributed by atoms with van der Waals surface area (Å²) in [5.74, 6) is -0.155. The standard InChI is InChI=1S/C12H19NO4/c1-2-3-10(14)8-11(15)9-4-6-13(7-5-9)12(16)17/h9H,2-8H2,1H3,(H,16,17). The highest BCUT2D eigenvalue weighted by Gasteiger charge is 2.27. The minimum atomic E-state index is -0.932. The molecule has 0 aromatic rings. The largest absolute Gasteiger partial charge is 0.465 e. The first-order chi connectivity index (χ1) is 8.04. The molecule has 1 aliphatic rings. The lowest BCUT2D eigenvalue weighted by Crippen LogP contribution is -2.39. The molecule has 0 aromatic heterocycles. The normalized spacial score (nSPS) is 16.9. The van der Waals surface area contributed by atoms with E-state index in [4.69, 9.17) is 5.11 Å². The van der Waals surface area contributed by atoms with Crippen molar-refractivity contribution in [1.29, 1.82) is 0 Å². The fourth-order valence-electron chi connectivity index (χ4n) is 2.10. The first-order valence-electron chi connectivity index (χ1n) is 6.06. The second-order valence-electron chi connectivity index (χ2n) is 4.48. The van der Waals surface area contributed by atoms with Crippen molar-refractivity contribution in [3.8, 4) is 0 Å². The molecule has 0 radical (unpaired) electrons. The Morgan fingerprint density at radius 1 is 1.24 bits per heavy atom. The summed E-state index contributed by atoms with van der Waals surface area (Å²) >= 11 is 0. The summed E-state index contributed by atoms with van der Waals surface area (Å²) in [7, 11) is 0. The van der Waals surface area contributed by atoms with E-state index in [2.05, 4.69) is 0 Å². The highest BCUT2D eigenvalue weighted by atomic mass is 16.4. The van der Waals surface area contributed by atoms with Crippen LogP contribution >= 0.6 is 0 Å². The maximum atomic E-state index is 11.8. The number of carbonyl (C=O) groups is 3. The maximum Gasteiger partial charge on any atom is 0.407 e. The number of hydrogen-bond acceptors (Lipinski definition) is 3. The van der Waals surface area contributed by atoms with E-state index in [0.29, 0.717) is 32.4 Å². The van der Waals surface area contributed by atoms with Crippen molar-refractivity contribution in [3.05, 3.63) is 0 Å². The van der Waals surface area contributed by atoms with Crippen LogP contribution in [0.15, 0.2) is 0 Å². The molecule has 1 heterocycles. The van der Waals surface area contributed by atoms with Gasteiger partial charge in [-0.1, -0.05) is 6.92 Å². The smallest absolute Gasteiger partial charge is 0.407 e. The molecule has 5 heteroatoms. The number of Topliss-reactive ketones (excluding diaryl/α,β-unsaturated/α-hetero) is 2. The summed E-state index contributed by atoms with van der Waals surface area (Å²) < 4.78 is 0. The Morgan fingerprint density at radius 2 is 1.82 bits per heavy atom. The molecule has 0 unspecified atom stereocenters. The quantitative estimate of drug-likeness (QED) is 0.743. The van der Waals surface area contributed by atoms with Crippen LogP contribution in [0, 0.1) is 5.92 Å². The SMILES string of the molecule is CCCC(=O)CC(=O)C1CCN(C(=O)O)CC1. The molecule has 5 nitrogen and oxygen atoms in total. The third-order valence-corrected chi connectivity index (χ3v) is 3.12. The minimum Gasteiger partial charge on any atom is -0.465 e. The maximum absolute atomic E-state index is 11.8. The first-order valence-corrected chi connectivity index (χ1v) is 6.06. The summed E-state index contributed by atoms with van der Waals surface area (Å²) in [4.78, 5) is 35.1. The van der Waals surface area contributed by atoms with Gasteiger partial charge in [-0.05, 0) is 19.3 Å². The van der Waals surface area contributed by atoms with E-state index in [1.165, 1.54) is 4.90 Å². The van der Waals surface area contributed by atoms with Gasteiger partial charge >= 0.3 is 6.09 Å². The first kappa shape index (κ1) is 13.7. The molecule has 1 rings (SSSR count). The van der Waals surface area contributed by atoms with Gasteiger partial charge in [-0.25, -0.2) is 4.79 Å². The zero-order chi connectivity index (χ0) is 12.8. The van der Waals surface area contributed by atoms with E-state index in [-0.39, 0.29) is 23.9 Å². The van der Waals surface area contributed by atoms with Crippen molar-refractivity contribution in [2.45, 2.75) is 39.0 Å². The van der Waals surface area contributed by atoms with Gasteiger partial charge in [0.15, 0.2) is 0 Å². The topological polar surface area (TPSA) is 74.7 Å². The Hall–Kier alpha value is -1.39. The fraction of sp³-hybridized carbons (Fsp3) is 0.750. The zero-order valence-corrected chi connectivity index (χ0v) is 10.1. The molecule has 1 N–H and O–H groups in total. The summed E-state index contributed by atoms with van der Waals surface area (Å²) in [6.45, 7) is 2.70. The van der Waals surface area contributed by atoms with Crippen LogP contribution in [0.4, 0.5) is 4.79 Å². The molecule has 0 atom stereocenters.